The lowest BCUT2D eigenvalue weighted by atomic mass is 10.0. The molecule has 0 unspecified atom stereocenters. The normalized spacial score (nSPS) is 14.3. The smallest absolute Gasteiger partial charge is 0.410 e. The summed E-state index contributed by atoms with van der Waals surface area (Å²) < 4.78 is 11.2. The summed E-state index contributed by atoms with van der Waals surface area (Å²) in [4.78, 5) is 19.1. The zero-order valence-corrected chi connectivity index (χ0v) is 20.0. The second kappa shape index (κ2) is 9.82. The number of amides is 1. The van der Waals surface area contributed by atoms with E-state index in [0.29, 0.717) is 45.0 Å². The minimum absolute atomic E-state index is 0.142. The predicted molar refractivity (Wildman–Crippen MR) is 138 cm³/mol. The van der Waals surface area contributed by atoms with Crippen LogP contribution in [0.2, 0.25) is 0 Å². The Hall–Kier alpha value is -3.81. The first-order chi connectivity index (χ1) is 17.0. The molecule has 35 heavy (non-hydrogen) atoms. The van der Waals surface area contributed by atoms with E-state index < -0.39 is 6.09 Å². The Morgan fingerprint density at radius 3 is 2.83 bits per heavy atom. The molecular weight excluding hydrogens is 464 g/mol. The summed E-state index contributed by atoms with van der Waals surface area (Å²) in [6.45, 7) is 3.94. The highest BCUT2D eigenvalue weighted by atomic mass is 32.1. The second-order valence-electron chi connectivity index (χ2n) is 8.56. The van der Waals surface area contributed by atoms with E-state index in [1.165, 1.54) is 19.3 Å². The van der Waals surface area contributed by atoms with E-state index in [2.05, 4.69) is 21.3 Å². The number of ether oxygens (including phenoxy) is 1. The second-order valence-corrected chi connectivity index (χ2v) is 9.52. The van der Waals surface area contributed by atoms with Gasteiger partial charge in [0.15, 0.2) is 0 Å². The molecule has 0 bridgehead atoms. The lowest BCUT2D eigenvalue weighted by Gasteiger charge is -2.26. The van der Waals surface area contributed by atoms with Gasteiger partial charge in [0, 0.05) is 11.9 Å². The van der Waals surface area contributed by atoms with Gasteiger partial charge in [-0.25, -0.2) is 9.78 Å². The SMILES string of the molecule is N#Cc1c(NCCCN2CCCCC2)nc2sc(OC(N)=O)c(N)c2c1-c1cc2ccccc2o1. The number of aromatic nitrogens is 1. The predicted octanol–water partition coefficient (Wildman–Crippen LogP) is 4.91. The molecule has 5 N–H and O–H groups in total. The maximum Gasteiger partial charge on any atom is 0.410 e. The minimum atomic E-state index is -0.967. The number of carbonyl (C=O) groups excluding carboxylic acids is 1. The average Bonchev–Trinajstić information content (AvgIpc) is 3.42. The Labute approximate surface area is 206 Å². The Kier molecular flexibility index (Phi) is 6.44. The number of piperidine rings is 1. The van der Waals surface area contributed by atoms with Gasteiger partial charge in [-0.05, 0) is 51.0 Å². The molecule has 1 saturated heterocycles. The Balaban J connectivity index is 1.55. The summed E-state index contributed by atoms with van der Waals surface area (Å²) in [5.74, 6) is 0.933. The summed E-state index contributed by atoms with van der Waals surface area (Å²) in [5, 5.41) is 15.1. The van der Waals surface area contributed by atoms with E-state index in [4.69, 9.17) is 20.6 Å². The number of nitrogen functional groups attached to an aromatic ring is 1. The average molecular weight is 491 g/mol. The molecule has 1 aromatic carbocycles. The van der Waals surface area contributed by atoms with E-state index in [-0.39, 0.29) is 10.8 Å². The van der Waals surface area contributed by atoms with Crippen molar-refractivity contribution in [2.24, 2.45) is 5.73 Å². The highest BCUT2D eigenvalue weighted by Gasteiger charge is 2.26. The van der Waals surface area contributed by atoms with Crippen molar-refractivity contribution in [3.05, 3.63) is 35.9 Å². The molecule has 1 aliphatic heterocycles. The Bertz CT molecular complexity index is 1400. The number of thiophene rings is 1. The number of hydrogen-bond donors (Lipinski definition) is 3. The first-order valence-corrected chi connectivity index (χ1v) is 12.5. The van der Waals surface area contributed by atoms with E-state index >= 15 is 0 Å². The van der Waals surface area contributed by atoms with Crippen LogP contribution in [0, 0.1) is 11.3 Å². The Morgan fingerprint density at radius 2 is 2.09 bits per heavy atom. The van der Waals surface area contributed by atoms with Crippen LogP contribution in [0.4, 0.5) is 16.3 Å². The monoisotopic (exact) mass is 490 g/mol. The number of furan rings is 1. The molecule has 5 rings (SSSR count). The first kappa shape index (κ1) is 23.0. The number of nitrogens with two attached hydrogens (primary N) is 2. The first-order valence-electron chi connectivity index (χ1n) is 11.6. The van der Waals surface area contributed by atoms with Gasteiger partial charge in [0.2, 0.25) is 5.06 Å². The summed E-state index contributed by atoms with van der Waals surface area (Å²) in [6, 6.07) is 11.8. The molecule has 1 aliphatic rings. The topological polar surface area (TPSA) is 143 Å². The molecule has 9 nitrogen and oxygen atoms in total. The number of carbonyl (C=O) groups is 1. The quantitative estimate of drug-likeness (QED) is 0.310. The number of fused-ring (bicyclic) bond motifs is 2. The van der Waals surface area contributed by atoms with Crippen molar-refractivity contribution in [1.82, 2.24) is 9.88 Å². The van der Waals surface area contributed by atoms with Gasteiger partial charge in [0.05, 0.1) is 16.6 Å². The van der Waals surface area contributed by atoms with Crippen molar-refractivity contribution in [3.63, 3.8) is 0 Å². The van der Waals surface area contributed by atoms with Gasteiger partial charge < -0.3 is 30.8 Å². The maximum absolute atomic E-state index is 11.4. The van der Waals surface area contributed by atoms with Crippen LogP contribution >= 0.6 is 11.3 Å². The lowest BCUT2D eigenvalue weighted by Crippen LogP contribution is -2.31. The fourth-order valence-electron chi connectivity index (χ4n) is 4.58. The van der Waals surface area contributed by atoms with Crippen LogP contribution in [0.25, 0.3) is 32.5 Å². The molecule has 0 atom stereocenters. The van der Waals surface area contributed by atoms with Crippen LogP contribution in [0.3, 0.4) is 0 Å². The number of anilines is 2. The zero-order valence-electron chi connectivity index (χ0n) is 19.2. The summed E-state index contributed by atoms with van der Waals surface area (Å²) in [5.41, 5.74) is 13.3. The van der Waals surface area contributed by atoms with Crippen LogP contribution in [-0.4, -0.2) is 42.2 Å². The number of nitrogens with one attached hydrogen (secondary N) is 1. The Morgan fingerprint density at radius 1 is 1.29 bits per heavy atom. The molecule has 0 radical (unpaired) electrons. The van der Waals surface area contributed by atoms with Crippen molar-refractivity contribution >= 4 is 50.1 Å². The minimum Gasteiger partial charge on any atom is -0.456 e. The third-order valence-corrected chi connectivity index (χ3v) is 7.19. The van der Waals surface area contributed by atoms with Crippen molar-refractivity contribution in [1.29, 1.82) is 5.26 Å². The van der Waals surface area contributed by atoms with Gasteiger partial charge in [0.25, 0.3) is 0 Å². The van der Waals surface area contributed by atoms with E-state index in [0.717, 1.165) is 42.8 Å². The van der Waals surface area contributed by atoms with Crippen molar-refractivity contribution in [2.75, 3.05) is 37.2 Å². The van der Waals surface area contributed by atoms with Crippen LogP contribution in [-0.2, 0) is 0 Å². The van der Waals surface area contributed by atoms with Crippen molar-refractivity contribution < 1.29 is 13.9 Å². The number of para-hydroxylation sites is 1. The van der Waals surface area contributed by atoms with Crippen LogP contribution in [0.5, 0.6) is 5.06 Å². The highest BCUT2D eigenvalue weighted by molar-refractivity contribution is 7.21. The van der Waals surface area contributed by atoms with Gasteiger partial charge in [-0.15, -0.1) is 0 Å². The van der Waals surface area contributed by atoms with Gasteiger partial charge in [-0.2, -0.15) is 5.26 Å². The maximum atomic E-state index is 11.4. The van der Waals surface area contributed by atoms with E-state index in [1.54, 1.807) is 0 Å². The third-order valence-electron chi connectivity index (χ3n) is 6.21. The molecule has 0 saturated carbocycles. The van der Waals surface area contributed by atoms with Crippen LogP contribution < -0.4 is 21.5 Å². The van der Waals surface area contributed by atoms with E-state index in [1.807, 2.05) is 30.3 Å². The van der Waals surface area contributed by atoms with Gasteiger partial charge in [0.1, 0.15) is 33.6 Å². The molecule has 0 aliphatic carbocycles. The highest BCUT2D eigenvalue weighted by Crippen LogP contribution is 2.47. The fourth-order valence-corrected chi connectivity index (χ4v) is 5.54. The van der Waals surface area contributed by atoms with Gasteiger partial charge >= 0.3 is 6.09 Å². The zero-order chi connectivity index (χ0) is 24.4. The largest absolute Gasteiger partial charge is 0.456 e. The standard InChI is InChI=1S/C25H26N6O3S/c26-14-16-19(18-13-15-7-2-3-8-17(15)33-18)20-21(27)24(34-25(28)32)35-23(20)30-22(16)29-9-6-12-31-10-4-1-5-11-31/h2-3,7-8,13H,1,4-6,9-12,27H2,(H2,28,32)(H,29,30). The molecular formula is C25H26N6O3S. The summed E-state index contributed by atoms with van der Waals surface area (Å²) in [7, 11) is 0. The van der Waals surface area contributed by atoms with Gasteiger partial charge in [-0.3, -0.25) is 0 Å². The van der Waals surface area contributed by atoms with Crippen LogP contribution in [0.15, 0.2) is 34.7 Å². The number of hydrogen-bond acceptors (Lipinski definition) is 9. The van der Waals surface area contributed by atoms with Crippen molar-refractivity contribution in [2.45, 2.75) is 25.7 Å². The molecule has 3 aromatic heterocycles. The van der Waals surface area contributed by atoms with Crippen molar-refractivity contribution in [3.8, 4) is 22.5 Å². The number of nitriles is 1. The number of likely N-dealkylation sites (tertiary alicyclic amines) is 1. The molecule has 180 valence electrons. The summed E-state index contributed by atoms with van der Waals surface area (Å²) in [6.07, 6.45) is 3.76. The number of rotatable bonds is 7. The summed E-state index contributed by atoms with van der Waals surface area (Å²) >= 11 is 1.10. The number of nitrogens with zero attached hydrogens (tertiary/aromatic N) is 3. The molecule has 4 heterocycles. The van der Waals surface area contributed by atoms with Gasteiger partial charge in [-0.1, -0.05) is 36.0 Å². The van der Waals surface area contributed by atoms with Crippen LogP contribution in [0.1, 0.15) is 31.2 Å². The fraction of sp³-hybridized carbons (Fsp3) is 0.320. The third kappa shape index (κ3) is 4.60. The number of pyridine rings is 1. The molecule has 0 spiro atoms. The number of benzene rings is 1. The molecule has 4 aromatic rings. The molecule has 1 amide bonds. The lowest BCUT2D eigenvalue weighted by molar-refractivity contribution is 0.212. The van der Waals surface area contributed by atoms with E-state index in [9.17, 15) is 10.1 Å². The molecule has 10 heteroatoms. The molecule has 1 fully saturated rings. The number of primary amides is 1.